The van der Waals surface area contributed by atoms with Crippen molar-refractivity contribution >= 4 is 28.1 Å². The predicted octanol–water partition coefficient (Wildman–Crippen LogP) is 1.14. The van der Waals surface area contributed by atoms with Gasteiger partial charge in [-0.3, -0.25) is 14.9 Å². The highest BCUT2D eigenvalue weighted by Crippen LogP contribution is 2.35. The summed E-state index contributed by atoms with van der Waals surface area (Å²) < 4.78 is 0. The number of rotatable bonds is 2. The molecule has 0 radical (unpaired) electrons. The molecule has 4 rings (SSSR count). The van der Waals surface area contributed by atoms with Crippen molar-refractivity contribution < 1.29 is 14.8 Å². The number of benzene rings is 2. The van der Waals surface area contributed by atoms with Crippen LogP contribution in [0.2, 0.25) is 0 Å². The number of amides is 1. The van der Waals surface area contributed by atoms with E-state index in [-0.39, 0.29) is 22.7 Å². The second kappa shape index (κ2) is 4.51. The molecule has 0 bridgehead atoms. The lowest BCUT2D eigenvalue weighted by molar-refractivity contribution is -0.384. The van der Waals surface area contributed by atoms with Gasteiger partial charge in [0.05, 0.1) is 21.4 Å². The molecule has 112 valence electrons. The highest BCUT2D eigenvalue weighted by Gasteiger charge is 2.25. The Balaban J connectivity index is 2.13. The summed E-state index contributed by atoms with van der Waals surface area (Å²) >= 11 is 0. The third kappa shape index (κ3) is 1.83. The van der Waals surface area contributed by atoms with Crippen molar-refractivity contribution in [1.82, 2.24) is 4.98 Å². The Labute approximate surface area is 128 Å². The molecular weight excluding hydrogens is 298 g/mol. The maximum Gasteiger partial charge on any atom is 0.279 e. The van der Waals surface area contributed by atoms with Crippen molar-refractivity contribution in [3.05, 3.63) is 68.7 Å². The molecule has 0 aliphatic carbocycles. The maximum atomic E-state index is 12.3. The fraction of sp³-hybridized carbons (Fsp3) is 0. The molecule has 7 heteroatoms. The topological polar surface area (TPSA) is 109 Å². The van der Waals surface area contributed by atoms with Crippen LogP contribution < -0.4 is 10.6 Å². The Bertz CT molecular complexity index is 1130. The summed E-state index contributed by atoms with van der Waals surface area (Å²) in [7, 11) is 0. The molecule has 0 unspecified atom stereocenters. The molecule has 0 spiro atoms. The zero-order valence-electron chi connectivity index (χ0n) is 11.6. The predicted molar refractivity (Wildman–Crippen MR) is 81.4 cm³/mol. The van der Waals surface area contributed by atoms with Crippen LogP contribution in [0.1, 0.15) is 5.56 Å². The van der Waals surface area contributed by atoms with Crippen LogP contribution in [0.5, 0.6) is 5.88 Å². The van der Waals surface area contributed by atoms with E-state index in [2.05, 4.69) is 9.98 Å². The molecule has 7 nitrogen and oxygen atoms in total. The van der Waals surface area contributed by atoms with Crippen molar-refractivity contribution in [3.8, 4) is 5.88 Å². The number of H-pyrrole nitrogens is 1. The summed E-state index contributed by atoms with van der Waals surface area (Å²) in [5.74, 6) is -0.690. The van der Waals surface area contributed by atoms with Crippen molar-refractivity contribution in [2.24, 2.45) is 4.99 Å². The van der Waals surface area contributed by atoms with Crippen LogP contribution in [0.25, 0.3) is 16.5 Å². The number of nitrogens with zero attached hydrogens (tertiary/aromatic N) is 2. The van der Waals surface area contributed by atoms with Gasteiger partial charge in [0, 0.05) is 28.3 Å². The standard InChI is InChI=1S/C16H9N3O4/c20-15-13(9-3-1-2-4-11(9)17-15)14-10-7-8(19(22)23)5-6-12(10)18-16(14)21/h1-7,18,21H. The van der Waals surface area contributed by atoms with Crippen molar-refractivity contribution in [1.29, 1.82) is 0 Å². The first-order valence-corrected chi connectivity index (χ1v) is 6.78. The minimum absolute atomic E-state index is 0.117. The SMILES string of the molecule is O=C1N=c2ccccc2=C1c1c(O)[nH]c2ccc([N+](=O)[O-])cc12. The summed E-state index contributed by atoms with van der Waals surface area (Å²) in [6.07, 6.45) is 0. The zero-order valence-corrected chi connectivity index (χ0v) is 11.6. The smallest absolute Gasteiger partial charge is 0.279 e. The number of nitro benzene ring substituents is 1. The van der Waals surface area contributed by atoms with Crippen LogP contribution in [0.4, 0.5) is 5.69 Å². The van der Waals surface area contributed by atoms with Crippen LogP contribution in [-0.2, 0) is 4.79 Å². The largest absolute Gasteiger partial charge is 0.494 e. The number of hydrogen-bond acceptors (Lipinski definition) is 4. The number of hydrogen-bond donors (Lipinski definition) is 2. The summed E-state index contributed by atoms with van der Waals surface area (Å²) in [4.78, 5) is 29.4. The quantitative estimate of drug-likeness (QED) is 0.546. The molecular formula is C16H9N3O4. The van der Waals surface area contributed by atoms with Gasteiger partial charge in [0.1, 0.15) is 0 Å². The molecule has 2 aromatic carbocycles. The Morgan fingerprint density at radius 2 is 1.96 bits per heavy atom. The summed E-state index contributed by atoms with van der Waals surface area (Å²) in [6.45, 7) is 0. The van der Waals surface area contributed by atoms with E-state index in [4.69, 9.17) is 0 Å². The lowest BCUT2D eigenvalue weighted by Gasteiger charge is -2.00. The fourth-order valence-electron chi connectivity index (χ4n) is 2.84. The van der Waals surface area contributed by atoms with E-state index >= 15 is 0 Å². The first-order chi connectivity index (χ1) is 11.1. The average molecular weight is 307 g/mol. The van der Waals surface area contributed by atoms with Crippen molar-refractivity contribution in [3.63, 3.8) is 0 Å². The molecule has 0 saturated heterocycles. The van der Waals surface area contributed by atoms with Gasteiger partial charge < -0.3 is 10.1 Å². The van der Waals surface area contributed by atoms with E-state index in [1.807, 2.05) is 0 Å². The fourth-order valence-corrected chi connectivity index (χ4v) is 2.84. The van der Waals surface area contributed by atoms with E-state index in [0.29, 0.717) is 21.5 Å². The van der Waals surface area contributed by atoms with Crippen LogP contribution in [0.15, 0.2) is 47.5 Å². The number of aromatic nitrogens is 1. The lowest BCUT2D eigenvalue weighted by Crippen LogP contribution is -2.22. The Kier molecular flexibility index (Phi) is 2.59. The normalized spacial score (nSPS) is 13.2. The number of nitro groups is 1. The van der Waals surface area contributed by atoms with Gasteiger partial charge >= 0.3 is 0 Å². The minimum Gasteiger partial charge on any atom is -0.494 e. The van der Waals surface area contributed by atoms with E-state index in [1.165, 1.54) is 18.2 Å². The number of aromatic hydroxyl groups is 1. The molecule has 0 fully saturated rings. The third-order valence-electron chi connectivity index (χ3n) is 3.83. The van der Waals surface area contributed by atoms with Crippen molar-refractivity contribution in [2.75, 3.05) is 0 Å². The molecule has 0 atom stereocenters. The van der Waals surface area contributed by atoms with Gasteiger partial charge in [-0.1, -0.05) is 18.2 Å². The first-order valence-electron chi connectivity index (χ1n) is 6.78. The average Bonchev–Trinajstić information content (AvgIpc) is 3.01. The van der Waals surface area contributed by atoms with Gasteiger partial charge in [0.2, 0.25) is 0 Å². The van der Waals surface area contributed by atoms with Crippen LogP contribution in [-0.4, -0.2) is 20.9 Å². The number of carbonyl (C=O) groups is 1. The summed E-state index contributed by atoms with van der Waals surface area (Å²) in [5.41, 5.74) is 0.869. The number of non-ortho nitro benzene ring substituents is 1. The van der Waals surface area contributed by atoms with Gasteiger partial charge in [-0.15, -0.1) is 0 Å². The highest BCUT2D eigenvalue weighted by atomic mass is 16.6. The lowest BCUT2D eigenvalue weighted by atomic mass is 10.0. The summed E-state index contributed by atoms with van der Waals surface area (Å²) in [6, 6.07) is 11.1. The number of aromatic amines is 1. The molecule has 3 aromatic rings. The van der Waals surface area contributed by atoms with Crippen LogP contribution in [0, 0.1) is 10.1 Å². The van der Waals surface area contributed by atoms with Gasteiger partial charge in [0.15, 0.2) is 5.88 Å². The highest BCUT2D eigenvalue weighted by molar-refractivity contribution is 6.24. The molecule has 1 aliphatic heterocycles. The monoisotopic (exact) mass is 307 g/mol. The Hall–Kier alpha value is -3.48. The van der Waals surface area contributed by atoms with Gasteiger partial charge in [-0.05, 0) is 12.1 Å². The maximum absolute atomic E-state index is 12.3. The molecule has 1 aliphatic rings. The number of nitrogens with one attached hydrogen (secondary N) is 1. The molecule has 1 aromatic heterocycles. The Morgan fingerprint density at radius 1 is 1.17 bits per heavy atom. The molecule has 23 heavy (non-hydrogen) atoms. The van der Waals surface area contributed by atoms with Gasteiger partial charge in [-0.25, -0.2) is 4.99 Å². The van der Waals surface area contributed by atoms with E-state index in [9.17, 15) is 20.0 Å². The van der Waals surface area contributed by atoms with Gasteiger partial charge in [0.25, 0.3) is 11.6 Å². The zero-order chi connectivity index (χ0) is 16.1. The van der Waals surface area contributed by atoms with E-state index in [1.54, 1.807) is 24.3 Å². The Morgan fingerprint density at radius 3 is 2.74 bits per heavy atom. The second-order valence-electron chi connectivity index (χ2n) is 5.14. The number of carbonyl (C=O) groups excluding carboxylic acids is 1. The first kappa shape index (κ1) is 13.2. The second-order valence-corrected chi connectivity index (χ2v) is 5.14. The van der Waals surface area contributed by atoms with Crippen molar-refractivity contribution in [2.45, 2.75) is 0 Å². The third-order valence-corrected chi connectivity index (χ3v) is 3.83. The minimum atomic E-state index is -0.521. The number of fused-ring (bicyclic) bond motifs is 2. The summed E-state index contributed by atoms with van der Waals surface area (Å²) in [5, 5.41) is 22.7. The van der Waals surface area contributed by atoms with E-state index < -0.39 is 10.8 Å². The molecule has 2 heterocycles. The van der Waals surface area contributed by atoms with Crippen LogP contribution in [0.3, 0.4) is 0 Å². The molecule has 0 saturated carbocycles. The molecule has 2 N–H and O–H groups in total. The number of para-hydroxylation sites is 1. The molecule has 1 amide bonds. The van der Waals surface area contributed by atoms with Gasteiger partial charge in [-0.2, -0.15) is 0 Å². The van der Waals surface area contributed by atoms with Crippen LogP contribution >= 0.6 is 0 Å². The van der Waals surface area contributed by atoms with E-state index in [0.717, 1.165) is 0 Å².